The summed E-state index contributed by atoms with van der Waals surface area (Å²) in [4.78, 5) is 11.7. The number of nitrogens with one attached hydrogen (secondary N) is 1. The summed E-state index contributed by atoms with van der Waals surface area (Å²) in [6.45, 7) is 3.39. The maximum Gasteiger partial charge on any atom is 0.417 e. The second-order valence-corrected chi connectivity index (χ2v) is 3.94. The van der Waals surface area contributed by atoms with Crippen LogP contribution in [-0.4, -0.2) is 11.9 Å². The number of halogens is 4. The van der Waals surface area contributed by atoms with E-state index in [9.17, 15) is 22.4 Å². The zero-order chi connectivity index (χ0) is 13.9. The average molecular weight is 263 g/mol. The Kier molecular flexibility index (Phi) is 4.32. The molecule has 1 unspecified atom stereocenters. The minimum Gasteiger partial charge on any atom is -0.349 e. The van der Waals surface area contributed by atoms with Gasteiger partial charge in [-0.15, -0.1) is 0 Å². The molecule has 0 aliphatic heterocycles. The van der Waals surface area contributed by atoms with Gasteiger partial charge in [0.2, 0.25) is 0 Å². The van der Waals surface area contributed by atoms with E-state index in [1.165, 1.54) is 0 Å². The van der Waals surface area contributed by atoms with E-state index in [1.54, 1.807) is 13.8 Å². The fourth-order valence-corrected chi connectivity index (χ4v) is 1.39. The van der Waals surface area contributed by atoms with Crippen LogP contribution in [0.2, 0.25) is 0 Å². The van der Waals surface area contributed by atoms with Crippen LogP contribution in [0.5, 0.6) is 0 Å². The lowest BCUT2D eigenvalue weighted by molar-refractivity contribution is -0.138. The topological polar surface area (TPSA) is 29.1 Å². The molecule has 2 nitrogen and oxygen atoms in total. The summed E-state index contributed by atoms with van der Waals surface area (Å²) in [6.07, 6.45) is -4.22. The summed E-state index contributed by atoms with van der Waals surface area (Å²) < 4.78 is 51.4. The van der Waals surface area contributed by atoms with Gasteiger partial charge in [-0.1, -0.05) is 13.0 Å². The molecule has 1 aromatic carbocycles. The Labute approximate surface area is 102 Å². The first-order valence-corrected chi connectivity index (χ1v) is 5.44. The molecule has 0 saturated heterocycles. The van der Waals surface area contributed by atoms with Crippen LogP contribution >= 0.6 is 0 Å². The lowest BCUT2D eigenvalue weighted by Gasteiger charge is -2.16. The molecule has 0 aliphatic carbocycles. The molecule has 6 heteroatoms. The van der Waals surface area contributed by atoms with Crippen molar-refractivity contribution < 1.29 is 22.4 Å². The second kappa shape index (κ2) is 5.37. The normalized spacial score (nSPS) is 13.2. The zero-order valence-electron chi connectivity index (χ0n) is 9.94. The third-order valence-electron chi connectivity index (χ3n) is 2.54. The number of rotatable bonds is 3. The Morgan fingerprint density at radius 2 is 2.00 bits per heavy atom. The van der Waals surface area contributed by atoms with E-state index in [2.05, 4.69) is 5.32 Å². The van der Waals surface area contributed by atoms with Crippen LogP contribution in [-0.2, 0) is 6.18 Å². The quantitative estimate of drug-likeness (QED) is 0.832. The smallest absolute Gasteiger partial charge is 0.349 e. The summed E-state index contributed by atoms with van der Waals surface area (Å²) in [6, 6.07) is 2.13. The van der Waals surface area contributed by atoms with Gasteiger partial charge in [0.05, 0.1) is 11.1 Å². The molecular weight excluding hydrogens is 250 g/mol. The van der Waals surface area contributed by atoms with E-state index < -0.39 is 29.0 Å². The molecule has 1 rings (SSSR count). The van der Waals surface area contributed by atoms with Gasteiger partial charge in [0.1, 0.15) is 5.82 Å². The van der Waals surface area contributed by atoms with Crippen molar-refractivity contribution in [2.75, 3.05) is 0 Å². The van der Waals surface area contributed by atoms with E-state index >= 15 is 0 Å². The largest absolute Gasteiger partial charge is 0.417 e. The number of alkyl halides is 3. The summed E-state index contributed by atoms with van der Waals surface area (Å²) in [5.74, 6) is -2.22. The van der Waals surface area contributed by atoms with Crippen LogP contribution in [0.1, 0.15) is 36.2 Å². The first-order valence-electron chi connectivity index (χ1n) is 5.44. The summed E-state index contributed by atoms with van der Waals surface area (Å²) in [5.41, 5.74) is -2.21. The molecule has 1 N–H and O–H groups in total. The number of carbonyl (C=O) groups is 1. The lowest BCUT2D eigenvalue weighted by Crippen LogP contribution is -2.34. The average Bonchev–Trinajstić information content (AvgIpc) is 2.27. The number of benzene rings is 1. The van der Waals surface area contributed by atoms with E-state index in [1.807, 2.05) is 0 Å². The van der Waals surface area contributed by atoms with Crippen molar-refractivity contribution in [3.63, 3.8) is 0 Å². The molecule has 0 spiro atoms. The van der Waals surface area contributed by atoms with Gasteiger partial charge < -0.3 is 5.32 Å². The fourth-order valence-electron chi connectivity index (χ4n) is 1.39. The van der Waals surface area contributed by atoms with Gasteiger partial charge in [-0.25, -0.2) is 4.39 Å². The molecule has 0 radical (unpaired) electrons. The zero-order valence-corrected chi connectivity index (χ0v) is 9.94. The third kappa shape index (κ3) is 3.21. The molecule has 100 valence electrons. The molecule has 0 heterocycles. The third-order valence-corrected chi connectivity index (χ3v) is 2.54. The molecule has 18 heavy (non-hydrogen) atoms. The van der Waals surface area contributed by atoms with Gasteiger partial charge in [0.15, 0.2) is 0 Å². The molecule has 0 aliphatic rings. The van der Waals surface area contributed by atoms with E-state index in [4.69, 9.17) is 0 Å². The standard InChI is InChI=1S/C12H13F4NO/c1-3-7(2)17-11(18)10-8(12(14,15)16)5-4-6-9(10)13/h4-7H,3H2,1-2H3,(H,17,18). The van der Waals surface area contributed by atoms with Crippen molar-refractivity contribution in [1.82, 2.24) is 5.32 Å². The molecule has 0 saturated carbocycles. The molecular formula is C12H13F4NO. The first-order chi connectivity index (χ1) is 8.27. The van der Waals surface area contributed by atoms with Crippen molar-refractivity contribution in [2.45, 2.75) is 32.5 Å². The first kappa shape index (κ1) is 14.5. The van der Waals surface area contributed by atoms with Crippen LogP contribution in [0.25, 0.3) is 0 Å². The molecule has 0 bridgehead atoms. The highest BCUT2D eigenvalue weighted by atomic mass is 19.4. The highest BCUT2D eigenvalue weighted by Crippen LogP contribution is 2.33. The molecule has 1 atom stereocenters. The van der Waals surface area contributed by atoms with Crippen molar-refractivity contribution in [3.8, 4) is 0 Å². The monoisotopic (exact) mass is 263 g/mol. The van der Waals surface area contributed by atoms with E-state index in [0.29, 0.717) is 12.5 Å². The lowest BCUT2D eigenvalue weighted by atomic mass is 10.1. The Morgan fingerprint density at radius 1 is 1.39 bits per heavy atom. The molecule has 1 aromatic rings. The Balaban J connectivity index is 3.18. The van der Waals surface area contributed by atoms with Crippen LogP contribution < -0.4 is 5.32 Å². The van der Waals surface area contributed by atoms with Crippen molar-refractivity contribution >= 4 is 5.91 Å². The predicted octanol–water partition coefficient (Wildman–Crippen LogP) is 3.37. The van der Waals surface area contributed by atoms with Gasteiger partial charge in [0.25, 0.3) is 5.91 Å². The number of carbonyl (C=O) groups excluding carboxylic acids is 1. The number of hydrogen-bond acceptors (Lipinski definition) is 1. The number of hydrogen-bond donors (Lipinski definition) is 1. The molecule has 0 fully saturated rings. The van der Waals surface area contributed by atoms with E-state index in [0.717, 1.165) is 12.1 Å². The minimum absolute atomic E-state index is 0.321. The van der Waals surface area contributed by atoms with Crippen molar-refractivity contribution in [3.05, 3.63) is 35.1 Å². The van der Waals surface area contributed by atoms with E-state index in [-0.39, 0.29) is 6.04 Å². The maximum atomic E-state index is 13.4. The van der Waals surface area contributed by atoms with Crippen molar-refractivity contribution in [2.24, 2.45) is 0 Å². The SMILES string of the molecule is CCC(C)NC(=O)c1c(F)cccc1C(F)(F)F. The van der Waals surface area contributed by atoms with Crippen LogP contribution in [0.4, 0.5) is 17.6 Å². The predicted molar refractivity (Wildman–Crippen MR) is 58.6 cm³/mol. The number of amides is 1. The van der Waals surface area contributed by atoms with Gasteiger partial charge in [-0.3, -0.25) is 4.79 Å². The minimum atomic E-state index is -4.76. The molecule has 0 aromatic heterocycles. The Morgan fingerprint density at radius 3 is 2.50 bits per heavy atom. The van der Waals surface area contributed by atoms with Crippen LogP contribution in [0.15, 0.2) is 18.2 Å². The van der Waals surface area contributed by atoms with Gasteiger partial charge in [-0.05, 0) is 25.5 Å². The summed E-state index contributed by atoms with van der Waals surface area (Å²) in [5, 5.41) is 2.32. The molecule has 1 amide bonds. The van der Waals surface area contributed by atoms with Crippen molar-refractivity contribution in [1.29, 1.82) is 0 Å². The fraction of sp³-hybridized carbons (Fsp3) is 0.417. The highest BCUT2D eigenvalue weighted by molar-refractivity contribution is 5.96. The van der Waals surface area contributed by atoms with Gasteiger partial charge in [0, 0.05) is 6.04 Å². The van der Waals surface area contributed by atoms with Gasteiger partial charge in [-0.2, -0.15) is 13.2 Å². The van der Waals surface area contributed by atoms with Crippen LogP contribution in [0.3, 0.4) is 0 Å². The maximum absolute atomic E-state index is 13.4. The Hall–Kier alpha value is -1.59. The van der Waals surface area contributed by atoms with Crippen LogP contribution in [0, 0.1) is 5.82 Å². The summed E-state index contributed by atoms with van der Waals surface area (Å²) >= 11 is 0. The highest BCUT2D eigenvalue weighted by Gasteiger charge is 2.36. The Bertz CT molecular complexity index is 442. The second-order valence-electron chi connectivity index (χ2n) is 3.94. The summed E-state index contributed by atoms with van der Waals surface area (Å²) in [7, 11) is 0. The van der Waals surface area contributed by atoms with Gasteiger partial charge >= 0.3 is 6.18 Å².